The minimum atomic E-state index is -0.386. The Morgan fingerprint density at radius 2 is 2.11 bits per heavy atom. The van der Waals surface area contributed by atoms with E-state index >= 15 is 0 Å². The molecule has 0 aliphatic heterocycles. The van der Waals surface area contributed by atoms with E-state index in [0.29, 0.717) is 12.3 Å². The van der Waals surface area contributed by atoms with E-state index < -0.39 is 0 Å². The largest absolute Gasteiger partial charge is 0.382 e. The maximum atomic E-state index is 12.1. The number of fused-ring (bicyclic) bond motifs is 1. The lowest BCUT2D eigenvalue weighted by Gasteiger charge is -2.24. The zero-order valence-electron chi connectivity index (χ0n) is 10.9. The third-order valence-corrected chi connectivity index (χ3v) is 2.73. The molecule has 0 spiro atoms. The van der Waals surface area contributed by atoms with Crippen molar-refractivity contribution in [3.8, 4) is 0 Å². The van der Waals surface area contributed by atoms with E-state index in [0.717, 1.165) is 10.9 Å². The fourth-order valence-corrected chi connectivity index (χ4v) is 1.97. The third-order valence-electron chi connectivity index (χ3n) is 2.73. The van der Waals surface area contributed by atoms with Gasteiger partial charge in [0.25, 0.3) is 5.91 Å². The highest BCUT2D eigenvalue weighted by Gasteiger charge is 2.21. The van der Waals surface area contributed by atoms with Crippen LogP contribution in [-0.4, -0.2) is 30.1 Å². The number of aromatic amines is 1. The Labute approximate surface area is 106 Å². The fraction of sp³-hybridized carbons (Fsp3) is 0.357. The number of benzene rings is 1. The van der Waals surface area contributed by atoms with Crippen LogP contribution >= 0.6 is 0 Å². The van der Waals surface area contributed by atoms with Gasteiger partial charge in [-0.05, 0) is 26.0 Å². The van der Waals surface area contributed by atoms with Gasteiger partial charge in [0.05, 0.1) is 12.1 Å². The highest BCUT2D eigenvalue weighted by atomic mass is 16.5. The summed E-state index contributed by atoms with van der Waals surface area (Å²) in [6, 6.07) is 9.67. The van der Waals surface area contributed by atoms with E-state index in [1.165, 1.54) is 0 Å². The molecule has 0 aliphatic carbocycles. The number of nitrogens with one attached hydrogen (secondary N) is 2. The Kier molecular flexibility index (Phi) is 3.39. The average molecular weight is 246 g/mol. The molecule has 0 unspecified atom stereocenters. The Bertz CT molecular complexity index is 525. The van der Waals surface area contributed by atoms with Crippen LogP contribution in [0.15, 0.2) is 30.3 Å². The molecule has 1 heterocycles. The minimum Gasteiger partial charge on any atom is -0.382 e. The van der Waals surface area contributed by atoms with E-state index in [9.17, 15) is 4.79 Å². The summed E-state index contributed by atoms with van der Waals surface area (Å²) in [4.78, 5) is 15.2. The smallest absolute Gasteiger partial charge is 0.268 e. The molecule has 2 N–H and O–H groups in total. The Morgan fingerprint density at radius 3 is 2.78 bits per heavy atom. The zero-order valence-corrected chi connectivity index (χ0v) is 10.9. The quantitative estimate of drug-likeness (QED) is 0.870. The highest BCUT2D eigenvalue weighted by Crippen LogP contribution is 2.15. The molecular formula is C14H18N2O2. The molecule has 0 saturated carbocycles. The number of H-pyrrole nitrogens is 1. The number of amides is 1. The predicted molar refractivity (Wildman–Crippen MR) is 71.7 cm³/mol. The molecule has 1 aromatic heterocycles. The van der Waals surface area contributed by atoms with Gasteiger partial charge in [-0.1, -0.05) is 18.2 Å². The van der Waals surface area contributed by atoms with Gasteiger partial charge in [0.2, 0.25) is 0 Å². The highest BCUT2D eigenvalue weighted by molar-refractivity contribution is 5.98. The summed E-state index contributed by atoms with van der Waals surface area (Å²) in [6.07, 6.45) is 0. The first-order chi connectivity index (χ1) is 8.52. The van der Waals surface area contributed by atoms with Crippen molar-refractivity contribution in [2.24, 2.45) is 0 Å². The third kappa shape index (κ3) is 2.71. The molecule has 0 saturated heterocycles. The first-order valence-corrected chi connectivity index (χ1v) is 5.91. The van der Waals surface area contributed by atoms with Crippen LogP contribution in [0.25, 0.3) is 10.9 Å². The lowest BCUT2D eigenvalue weighted by atomic mass is 10.1. The molecule has 0 bridgehead atoms. The van der Waals surface area contributed by atoms with E-state index in [1.807, 2.05) is 44.2 Å². The maximum absolute atomic E-state index is 12.1. The number of carbonyl (C=O) groups excluding carboxylic acids is 1. The Hall–Kier alpha value is -1.81. The van der Waals surface area contributed by atoms with Crippen LogP contribution < -0.4 is 5.32 Å². The SMILES string of the molecule is COCC(C)(C)NC(=O)c1cc2ccccc2[nH]1. The van der Waals surface area contributed by atoms with E-state index in [1.54, 1.807) is 7.11 Å². The first kappa shape index (κ1) is 12.6. The second-order valence-electron chi connectivity index (χ2n) is 5.04. The first-order valence-electron chi connectivity index (χ1n) is 5.91. The fourth-order valence-electron chi connectivity index (χ4n) is 1.97. The van der Waals surface area contributed by atoms with Crippen molar-refractivity contribution in [2.45, 2.75) is 19.4 Å². The second kappa shape index (κ2) is 4.82. The van der Waals surface area contributed by atoms with Gasteiger partial charge in [-0.25, -0.2) is 0 Å². The Balaban J connectivity index is 2.18. The van der Waals surface area contributed by atoms with E-state index in [-0.39, 0.29) is 11.4 Å². The zero-order chi connectivity index (χ0) is 13.2. The summed E-state index contributed by atoms with van der Waals surface area (Å²) in [5.74, 6) is -0.117. The number of hydrogen-bond acceptors (Lipinski definition) is 2. The monoisotopic (exact) mass is 246 g/mol. The van der Waals surface area contributed by atoms with Gasteiger partial charge in [0, 0.05) is 18.0 Å². The summed E-state index contributed by atoms with van der Waals surface area (Å²) in [5.41, 5.74) is 1.15. The standard InChI is InChI=1S/C14H18N2O2/c1-14(2,9-18-3)16-13(17)12-8-10-6-4-5-7-11(10)15-12/h4-8,15H,9H2,1-3H3,(H,16,17). The normalized spacial score (nSPS) is 11.7. The van der Waals surface area contributed by atoms with Crippen LogP contribution in [0.5, 0.6) is 0 Å². The number of para-hydroxylation sites is 1. The number of aromatic nitrogens is 1. The summed E-state index contributed by atoms with van der Waals surface area (Å²) >= 11 is 0. The van der Waals surface area contributed by atoms with Gasteiger partial charge in [0.1, 0.15) is 5.69 Å². The lowest BCUT2D eigenvalue weighted by molar-refractivity contribution is 0.0816. The second-order valence-corrected chi connectivity index (χ2v) is 5.04. The molecule has 4 nitrogen and oxygen atoms in total. The van der Waals surface area contributed by atoms with Gasteiger partial charge in [0.15, 0.2) is 0 Å². The molecule has 2 rings (SSSR count). The van der Waals surface area contributed by atoms with Crippen molar-refractivity contribution < 1.29 is 9.53 Å². The van der Waals surface area contributed by atoms with E-state index in [4.69, 9.17) is 4.74 Å². The van der Waals surface area contributed by atoms with Crippen molar-refractivity contribution in [3.05, 3.63) is 36.0 Å². The number of carbonyl (C=O) groups is 1. The van der Waals surface area contributed by atoms with Crippen LogP contribution in [0.1, 0.15) is 24.3 Å². The van der Waals surface area contributed by atoms with Crippen LogP contribution in [0, 0.1) is 0 Å². The number of ether oxygens (including phenoxy) is 1. The van der Waals surface area contributed by atoms with Gasteiger partial charge in [-0.3, -0.25) is 4.79 Å². The lowest BCUT2D eigenvalue weighted by Crippen LogP contribution is -2.46. The van der Waals surface area contributed by atoms with Crippen molar-refractivity contribution in [2.75, 3.05) is 13.7 Å². The summed E-state index contributed by atoms with van der Waals surface area (Å²) in [5, 5.41) is 3.97. The van der Waals surface area contributed by atoms with Gasteiger partial charge in [-0.15, -0.1) is 0 Å². The molecule has 96 valence electrons. The average Bonchev–Trinajstić information content (AvgIpc) is 2.71. The summed E-state index contributed by atoms with van der Waals surface area (Å²) < 4.78 is 5.08. The van der Waals surface area contributed by atoms with Gasteiger partial charge >= 0.3 is 0 Å². The number of hydrogen-bond donors (Lipinski definition) is 2. The number of rotatable bonds is 4. The van der Waals surface area contributed by atoms with Crippen molar-refractivity contribution in [3.63, 3.8) is 0 Å². The van der Waals surface area contributed by atoms with E-state index in [2.05, 4.69) is 10.3 Å². The molecule has 0 aliphatic rings. The minimum absolute atomic E-state index is 0.117. The summed E-state index contributed by atoms with van der Waals surface area (Å²) in [7, 11) is 1.62. The van der Waals surface area contributed by atoms with Crippen molar-refractivity contribution >= 4 is 16.8 Å². The van der Waals surface area contributed by atoms with Crippen molar-refractivity contribution in [1.29, 1.82) is 0 Å². The maximum Gasteiger partial charge on any atom is 0.268 e. The summed E-state index contributed by atoms with van der Waals surface area (Å²) in [6.45, 7) is 4.33. The van der Waals surface area contributed by atoms with Crippen LogP contribution in [0.2, 0.25) is 0 Å². The number of methoxy groups -OCH3 is 1. The van der Waals surface area contributed by atoms with Crippen molar-refractivity contribution in [1.82, 2.24) is 10.3 Å². The molecule has 0 atom stereocenters. The van der Waals surface area contributed by atoms with Gasteiger partial charge < -0.3 is 15.0 Å². The molecule has 0 radical (unpaired) electrons. The molecular weight excluding hydrogens is 228 g/mol. The molecule has 1 aromatic carbocycles. The topological polar surface area (TPSA) is 54.1 Å². The molecule has 4 heteroatoms. The Morgan fingerprint density at radius 1 is 1.39 bits per heavy atom. The molecule has 0 fully saturated rings. The molecule has 18 heavy (non-hydrogen) atoms. The molecule has 1 amide bonds. The van der Waals surface area contributed by atoms with Crippen LogP contribution in [0.3, 0.4) is 0 Å². The molecule has 2 aromatic rings. The van der Waals surface area contributed by atoms with Crippen LogP contribution in [0.4, 0.5) is 0 Å². The van der Waals surface area contributed by atoms with Gasteiger partial charge in [-0.2, -0.15) is 0 Å². The predicted octanol–water partition coefficient (Wildman–Crippen LogP) is 2.32. The van der Waals surface area contributed by atoms with Crippen LogP contribution in [-0.2, 0) is 4.74 Å².